The maximum absolute atomic E-state index is 13.2. The van der Waals surface area contributed by atoms with Gasteiger partial charge in [-0.2, -0.15) is 4.68 Å². The third kappa shape index (κ3) is 3.64. The first-order valence-corrected chi connectivity index (χ1v) is 9.42. The number of aromatic nitrogens is 5. The highest BCUT2D eigenvalue weighted by molar-refractivity contribution is 7.10. The van der Waals surface area contributed by atoms with Crippen LogP contribution in [0.25, 0.3) is 16.9 Å². The minimum absolute atomic E-state index is 0.286. The highest BCUT2D eigenvalue weighted by Gasteiger charge is 2.15. The summed E-state index contributed by atoms with van der Waals surface area (Å²) in [6, 6.07) is 11.4. The van der Waals surface area contributed by atoms with Gasteiger partial charge in [0.25, 0.3) is 0 Å². The first kappa shape index (κ1) is 17.8. The van der Waals surface area contributed by atoms with Crippen LogP contribution in [0, 0.1) is 5.82 Å². The van der Waals surface area contributed by atoms with E-state index in [1.165, 1.54) is 28.2 Å². The lowest BCUT2D eigenvalue weighted by atomic mass is 10.1. The topological polar surface area (TPSA) is 68.5 Å². The summed E-state index contributed by atoms with van der Waals surface area (Å²) in [6.45, 7) is 0.440. The Kier molecular flexibility index (Phi) is 5.02. The molecule has 0 fully saturated rings. The van der Waals surface area contributed by atoms with Gasteiger partial charge in [0.1, 0.15) is 5.82 Å². The van der Waals surface area contributed by atoms with E-state index in [0.29, 0.717) is 28.2 Å². The fraction of sp³-hybridized carbons (Fsp3) is 0.0588. The second-order valence-electron chi connectivity index (χ2n) is 5.47. The number of nitrogens with one attached hydrogen (secondary N) is 1. The molecule has 136 valence electrons. The van der Waals surface area contributed by atoms with Crippen LogP contribution >= 0.6 is 34.5 Å². The zero-order valence-corrected chi connectivity index (χ0v) is 15.9. The van der Waals surface area contributed by atoms with E-state index in [9.17, 15) is 4.39 Å². The van der Waals surface area contributed by atoms with Gasteiger partial charge >= 0.3 is 0 Å². The van der Waals surface area contributed by atoms with Crippen LogP contribution in [0.2, 0.25) is 10.0 Å². The molecule has 0 saturated carbocycles. The summed E-state index contributed by atoms with van der Waals surface area (Å²) in [6.07, 6.45) is 0. The number of benzene rings is 2. The number of rotatable bonds is 5. The maximum Gasteiger partial charge on any atom is 0.248 e. The van der Waals surface area contributed by atoms with E-state index < -0.39 is 0 Å². The summed E-state index contributed by atoms with van der Waals surface area (Å²) >= 11 is 13.8. The van der Waals surface area contributed by atoms with Crippen molar-refractivity contribution in [3.05, 3.63) is 68.7 Å². The Morgan fingerprint density at radius 1 is 1.11 bits per heavy atom. The molecular formula is C17H11Cl2FN6S. The van der Waals surface area contributed by atoms with Gasteiger partial charge < -0.3 is 5.32 Å². The minimum atomic E-state index is -0.286. The molecule has 0 bridgehead atoms. The molecule has 0 radical (unpaired) electrons. The first-order chi connectivity index (χ1) is 13.1. The average Bonchev–Trinajstić information content (AvgIpc) is 3.32. The van der Waals surface area contributed by atoms with E-state index >= 15 is 0 Å². The van der Waals surface area contributed by atoms with Gasteiger partial charge in [-0.1, -0.05) is 34.4 Å². The molecule has 2 aromatic carbocycles. The molecule has 27 heavy (non-hydrogen) atoms. The molecule has 0 spiro atoms. The number of thiazole rings is 1. The first-order valence-electron chi connectivity index (χ1n) is 7.78. The molecule has 6 nitrogen and oxygen atoms in total. The van der Waals surface area contributed by atoms with Gasteiger partial charge in [-0.05, 0) is 46.8 Å². The molecule has 0 amide bonds. The fourth-order valence-electron chi connectivity index (χ4n) is 2.51. The minimum Gasteiger partial charge on any atom is -0.348 e. The quantitative estimate of drug-likeness (QED) is 0.499. The van der Waals surface area contributed by atoms with E-state index in [2.05, 4.69) is 25.8 Å². The number of halogens is 3. The van der Waals surface area contributed by atoms with Crippen LogP contribution in [-0.4, -0.2) is 25.2 Å². The molecule has 0 saturated heterocycles. The van der Waals surface area contributed by atoms with Gasteiger partial charge in [-0.25, -0.2) is 9.37 Å². The van der Waals surface area contributed by atoms with Crippen LogP contribution in [0.15, 0.2) is 48.0 Å². The summed E-state index contributed by atoms with van der Waals surface area (Å²) in [5, 5.41) is 15.6. The Morgan fingerprint density at radius 3 is 2.74 bits per heavy atom. The van der Waals surface area contributed by atoms with Crippen LogP contribution < -0.4 is 5.32 Å². The number of tetrazole rings is 1. The van der Waals surface area contributed by atoms with E-state index in [0.717, 1.165) is 16.1 Å². The number of hydrogen-bond acceptors (Lipinski definition) is 6. The van der Waals surface area contributed by atoms with Crippen molar-refractivity contribution in [3.8, 4) is 16.9 Å². The Balaban J connectivity index is 1.58. The third-order valence-electron chi connectivity index (χ3n) is 3.79. The summed E-state index contributed by atoms with van der Waals surface area (Å²) < 4.78 is 14.6. The predicted molar refractivity (Wildman–Crippen MR) is 104 cm³/mol. The molecule has 1 N–H and O–H groups in total. The van der Waals surface area contributed by atoms with Crippen molar-refractivity contribution < 1.29 is 4.39 Å². The van der Waals surface area contributed by atoms with Gasteiger partial charge in [0.2, 0.25) is 5.95 Å². The molecule has 2 heterocycles. The fourth-order valence-corrected chi connectivity index (χ4v) is 3.61. The van der Waals surface area contributed by atoms with Gasteiger partial charge in [-0.3, -0.25) is 0 Å². The monoisotopic (exact) mass is 420 g/mol. The lowest BCUT2D eigenvalue weighted by Crippen LogP contribution is -2.08. The van der Waals surface area contributed by atoms with Crippen LogP contribution in [-0.2, 0) is 6.54 Å². The Hall–Kier alpha value is -2.55. The average molecular weight is 421 g/mol. The molecule has 0 aliphatic rings. The molecule has 0 aliphatic heterocycles. The van der Waals surface area contributed by atoms with Crippen molar-refractivity contribution in [1.82, 2.24) is 25.2 Å². The van der Waals surface area contributed by atoms with E-state index in [-0.39, 0.29) is 5.82 Å². The predicted octanol–water partition coefficient (Wildman–Crippen LogP) is 4.84. The standard InChI is InChI=1S/C17H11Cl2FN6S/c18-12-2-1-3-13(15(12)19)26-17(23-24-25-26)21-8-14-16(22-9-27-14)10-4-6-11(20)7-5-10/h1-7,9H,8H2,(H,21,23,25). The van der Waals surface area contributed by atoms with Gasteiger partial charge in [-0.15, -0.1) is 11.3 Å². The summed E-state index contributed by atoms with van der Waals surface area (Å²) in [7, 11) is 0. The zero-order chi connectivity index (χ0) is 18.8. The lowest BCUT2D eigenvalue weighted by Gasteiger charge is -2.09. The Bertz CT molecular complexity index is 1080. The van der Waals surface area contributed by atoms with Crippen molar-refractivity contribution in [3.63, 3.8) is 0 Å². The van der Waals surface area contributed by atoms with E-state index in [1.807, 2.05) is 0 Å². The van der Waals surface area contributed by atoms with E-state index in [4.69, 9.17) is 23.2 Å². The number of hydrogen-bond donors (Lipinski definition) is 1. The molecule has 2 aromatic heterocycles. The second kappa shape index (κ2) is 7.59. The van der Waals surface area contributed by atoms with Gasteiger partial charge in [0.05, 0.1) is 38.4 Å². The zero-order valence-electron chi connectivity index (χ0n) is 13.6. The summed E-state index contributed by atoms with van der Waals surface area (Å²) in [5.41, 5.74) is 3.94. The molecule has 0 aliphatic carbocycles. The van der Waals surface area contributed by atoms with E-state index in [1.54, 1.807) is 35.8 Å². The van der Waals surface area contributed by atoms with Crippen LogP contribution in [0.5, 0.6) is 0 Å². The van der Waals surface area contributed by atoms with Crippen molar-refractivity contribution in [2.45, 2.75) is 6.54 Å². The van der Waals surface area contributed by atoms with Crippen LogP contribution in [0.4, 0.5) is 10.3 Å². The molecule has 0 atom stereocenters. The third-order valence-corrected chi connectivity index (χ3v) is 5.44. The largest absolute Gasteiger partial charge is 0.348 e. The Labute approximate surface area is 167 Å². The van der Waals surface area contributed by atoms with Crippen molar-refractivity contribution in [2.24, 2.45) is 0 Å². The normalized spacial score (nSPS) is 10.9. The molecule has 10 heteroatoms. The smallest absolute Gasteiger partial charge is 0.248 e. The van der Waals surface area contributed by atoms with Crippen LogP contribution in [0.1, 0.15) is 4.88 Å². The van der Waals surface area contributed by atoms with Crippen molar-refractivity contribution >= 4 is 40.5 Å². The summed E-state index contributed by atoms with van der Waals surface area (Å²) in [5.74, 6) is 0.129. The van der Waals surface area contributed by atoms with Gasteiger partial charge in [0, 0.05) is 5.56 Å². The molecule has 4 aromatic rings. The maximum atomic E-state index is 13.2. The number of nitrogens with zero attached hydrogens (tertiary/aromatic N) is 5. The summed E-state index contributed by atoms with van der Waals surface area (Å²) in [4.78, 5) is 5.35. The molecule has 4 rings (SSSR count). The van der Waals surface area contributed by atoms with Crippen molar-refractivity contribution in [1.29, 1.82) is 0 Å². The highest BCUT2D eigenvalue weighted by atomic mass is 35.5. The highest BCUT2D eigenvalue weighted by Crippen LogP contribution is 2.30. The lowest BCUT2D eigenvalue weighted by molar-refractivity contribution is 0.628. The number of anilines is 1. The second-order valence-corrected chi connectivity index (χ2v) is 7.20. The van der Waals surface area contributed by atoms with Gasteiger partial charge in [0.15, 0.2) is 0 Å². The Morgan fingerprint density at radius 2 is 1.93 bits per heavy atom. The SMILES string of the molecule is Fc1ccc(-c2ncsc2CNc2nnnn2-c2cccc(Cl)c2Cl)cc1. The van der Waals surface area contributed by atoms with Crippen LogP contribution in [0.3, 0.4) is 0 Å². The van der Waals surface area contributed by atoms with Crippen molar-refractivity contribution in [2.75, 3.05) is 5.32 Å². The molecule has 0 unspecified atom stereocenters. The molecular weight excluding hydrogens is 410 g/mol.